The lowest BCUT2D eigenvalue weighted by Gasteiger charge is -2.25. The highest BCUT2D eigenvalue weighted by Crippen LogP contribution is 2.32. The average Bonchev–Trinajstić information content (AvgIpc) is 2.98. The molecule has 2 aromatic carbocycles. The molecule has 4 amide bonds. The first-order valence-corrected chi connectivity index (χ1v) is 11.6. The van der Waals surface area contributed by atoms with Gasteiger partial charge in [-0.3, -0.25) is 24.1 Å². The third-order valence-corrected chi connectivity index (χ3v) is 5.60. The van der Waals surface area contributed by atoms with Crippen LogP contribution < -0.4 is 20.4 Å². The molecule has 0 saturated carbocycles. The van der Waals surface area contributed by atoms with Gasteiger partial charge in [0.2, 0.25) is 11.8 Å². The van der Waals surface area contributed by atoms with Crippen molar-refractivity contribution in [3.63, 3.8) is 0 Å². The number of rotatable bonds is 9. The Morgan fingerprint density at radius 3 is 2.30 bits per heavy atom. The van der Waals surface area contributed by atoms with Crippen LogP contribution >= 0.6 is 0 Å². The van der Waals surface area contributed by atoms with Crippen LogP contribution in [0.15, 0.2) is 54.6 Å². The van der Waals surface area contributed by atoms with Gasteiger partial charge in [0.15, 0.2) is 0 Å². The minimum absolute atomic E-state index is 0.0282. The predicted molar refractivity (Wildman–Crippen MR) is 134 cm³/mol. The molecule has 0 spiro atoms. The summed E-state index contributed by atoms with van der Waals surface area (Å²) in [5, 5.41) is 4.93. The second-order valence-electron chi connectivity index (χ2n) is 8.52. The lowest BCUT2D eigenvalue weighted by atomic mass is 10.1. The van der Waals surface area contributed by atoms with E-state index in [1.807, 2.05) is 6.07 Å². The number of hydrogen-bond donors (Lipinski definition) is 2. The van der Waals surface area contributed by atoms with Gasteiger partial charge in [0.1, 0.15) is 31.3 Å². The number of anilines is 2. The number of amides is 4. The SMILES string of the molecule is CC(=O)C[C@@H](C=O)NC(=O)CN1C(=O)[C@@H](NC(=O)OCc2ccccc2)CN(C(C)=O)c2ccccc21. The number of nitrogens with one attached hydrogen (secondary N) is 2. The summed E-state index contributed by atoms with van der Waals surface area (Å²) >= 11 is 0. The van der Waals surface area contributed by atoms with Crippen molar-refractivity contribution < 1.29 is 33.5 Å². The molecule has 1 aliphatic heterocycles. The number of Topliss-reactive ketones (excluding diaryl/α,β-unsaturated/α-hetero) is 1. The van der Waals surface area contributed by atoms with E-state index in [1.165, 1.54) is 18.7 Å². The number of alkyl carbamates (subject to hydrolysis) is 1. The number of nitrogens with zero attached hydrogens (tertiary/aromatic N) is 2. The van der Waals surface area contributed by atoms with Crippen LogP contribution in [0.2, 0.25) is 0 Å². The highest BCUT2D eigenvalue weighted by molar-refractivity contribution is 6.09. The molecule has 2 aromatic rings. The van der Waals surface area contributed by atoms with Gasteiger partial charge in [-0.25, -0.2) is 4.79 Å². The number of carbonyl (C=O) groups is 6. The highest BCUT2D eigenvalue weighted by atomic mass is 16.5. The van der Waals surface area contributed by atoms with Crippen LogP contribution in [0.4, 0.5) is 16.2 Å². The fourth-order valence-corrected chi connectivity index (χ4v) is 3.90. The molecule has 2 N–H and O–H groups in total. The Morgan fingerprint density at radius 1 is 1.03 bits per heavy atom. The summed E-state index contributed by atoms with van der Waals surface area (Å²) in [5.74, 6) is -2.01. The van der Waals surface area contributed by atoms with Crippen LogP contribution in [0.5, 0.6) is 0 Å². The van der Waals surface area contributed by atoms with Crippen molar-refractivity contribution in [1.29, 1.82) is 0 Å². The Kier molecular flexibility index (Phi) is 9.09. The van der Waals surface area contributed by atoms with Crippen LogP contribution in [-0.2, 0) is 35.3 Å². The number of aldehydes is 1. The van der Waals surface area contributed by atoms with E-state index in [9.17, 15) is 28.8 Å². The summed E-state index contributed by atoms with van der Waals surface area (Å²) in [5.41, 5.74) is 1.39. The van der Waals surface area contributed by atoms with Gasteiger partial charge >= 0.3 is 6.09 Å². The number of ketones is 1. The Bertz CT molecular complexity index is 1180. The quantitative estimate of drug-likeness (QED) is 0.487. The molecule has 1 aliphatic rings. The number of para-hydroxylation sites is 2. The molecule has 2 atom stereocenters. The number of hydrogen-bond acceptors (Lipinski definition) is 7. The summed E-state index contributed by atoms with van der Waals surface area (Å²) in [6.07, 6.45) is -0.610. The summed E-state index contributed by atoms with van der Waals surface area (Å²) in [6.45, 7) is 1.89. The van der Waals surface area contributed by atoms with Crippen LogP contribution in [-0.4, -0.2) is 61.1 Å². The maximum atomic E-state index is 13.6. The number of ether oxygens (including phenoxy) is 1. The highest BCUT2D eigenvalue weighted by Gasteiger charge is 2.37. The number of benzene rings is 2. The summed E-state index contributed by atoms with van der Waals surface area (Å²) < 4.78 is 5.24. The smallest absolute Gasteiger partial charge is 0.408 e. The molecule has 1 heterocycles. The molecule has 11 nitrogen and oxygen atoms in total. The van der Waals surface area contributed by atoms with E-state index >= 15 is 0 Å². The summed E-state index contributed by atoms with van der Waals surface area (Å²) in [7, 11) is 0. The molecule has 0 aliphatic carbocycles. The molecule has 0 aromatic heterocycles. The zero-order valence-electron chi connectivity index (χ0n) is 20.5. The van der Waals surface area contributed by atoms with E-state index in [0.717, 1.165) is 10.5 Å². The van der Waals surface area contributed by atoms with Crippen molar-refractivity contribution in [3.8, 4) is 0 Å². The zero-order valence-corrected chi connectivity index (χ0v) is 20.5. The molecule has 0 bridgehead atoms. The normalized spacial score (nSPS) is 15.6. The molecule has 194 valence electrons. The summed E-state index contributed by atoms with van der Waals surface area (Å²) in [4.78, 5) is 76.5. The van der Waals surface area contributed by atoms with E-state index in [0.29, 0.717) is 12.0 Å². The van der Waals surface area contributed by atoms with Crippen molar-refractivity contribution in [1.82, 2.24) is 10.6 Å². The van der Waals surface area contributed by atoms with Crippen molar-refractivity contribution >= 4 is 47.3 Å². The Balaban J connectivity index is 1.84. The van der Waals surface area contributed by atoms with E-state index < -0.39 is 36.5 Å². The molecule has 0 unspecified atom stereocenters. The van der Waals surface area contributed by atoms with Gasteiger partial charge in [-0.2, -0.15) is 0 Å². The van der Waals surface area contributed by atoms with Gasteiger partial charge in [-0.15, -0.1) is 0 Å². The molecule has 3 rings (SSSR count). The van der Waals surface area contributed by atoms with Crippen LogP contribution in [0.3, 0.4) is 0 Å². The monoisotopic (exact) mass is 508 g/mol. The van der Waals surface area contributed by atoms with Gasteiger partial charge in [0, 0.05) is 13.3 Å². The summed E-state index contributed by atoms with van der Waals surface area (Å²) in [6, 6.07) is 13.2. The Morgan fingerprint density at radius 2 is 1.68 bits per heavy atom. The molecule has 11 heteroatoms. The van der Waals surface area contributed by atoms with E-state index in [4.69, 9.17) is 4.74 Å². The third-order valence-electron chi connectivity index (χ3n) is 5.60. The van der Waals surface area contributed by atoms with Crippen molar-refractivity contribution in [2.24, 2.45) is 0 Å². The van der Waals surface area contributed by atoms with Crippen molar-refractivity contribution in [2.75, 3.05) is 22.9 Å². The minimum atomic E-state index is -1.23. The van der Waals surface area contributed by atoms with E-state index in [1.54, 1.807) is 48.5 Å². The third kappa shape index (κ3) is 7.23. The maximum Gasteiger partial charge on any atom is 0.408 e. The van der Waals surface area contributed by atoms with Gasteiger partial charge in [-0.05, 0) is 24.6 Å². The van der Waals surface area contributed by atoms with Crippen LogP contribution in [0.25, 0.3) is 0 Å². The second-order valence-corrected chi connectivity index (χ2v) is 8.52. The molecule has 0 fully saturated rings. The maximum absolute atomic E-state index is 13.6. The molecular formula is C26H28N4O7. The first-order chi connectivity index (χ1) is 17.7. The fraction of sp³-hybridized carbons (Fsp3) is 0.308. The van der Waals surface area contributed by atoms with Gasteiger partial charge in [0.25, 0.3) is 5.91 Å². The first kappa shape index (κ1) is 27.1. The lowest BCUT2D eigenvalue weighted by molar-refractivity contribution is -0.127. The standard InChI is InChI=1S/C26H28N4O7/c1-17(32)12-20(15-31)27-24(34)14-30-23-11-7-6-10-22(23)29(18(2)33)13-21(25(30)35)28-26(36)37-16-19-8-4-3-5-9-19/h3-11,15,20-21H,12-14,16H2,1-2H3,(H,27,34)(H,28,36)/t20-,21-/m0/s1. The second kappa shape index (κ2) is 12.4. The van der Waals surface area contributed by atoms with Gasteiger partial charge in [-0.1, -0.05) is 42.5 Å². The topological polar surface area (TPSA) is 142 Å². The van der Waals surface area contributed by atoms with E-state index in [-0.39, 0.29) is 37.0 Å². The Hall–Kier alpha value is -4.54. The van der Waals surface area contributed by atoms with Crippen LogP contribution in [0, 0.1) is 0 Å². The fourth-order valence-electron chi connectivity index (χ4n) is 3.90. The van der Waals surface area contributed by atoms with Crippen molar-refractivity contribution in [2.45, 2.75) is 39.0 Å². The largest absolute Gasteiger partial charge is 0.445 e. The number of fused-ring (bicyclic) bond motifs is 1. The first-order valence-electron chi connectivity index (χ1n) is 11.6. The van der Waals surface area contributed by atoms with Crippen LogP contribution in [0.1, 0.15) is 25.8 Å². The van der Waals surface area contributed by atoms with Gasteiger partial charge < -0.3 is 25.1 Å². The number of carbonyl (C=O) groups excluding carboxylic acids is 6. The minimum Gasteiger partial charge on any atom is -0.445 e. The molecule has 0 radical (unpaired) electrons. The Labute approximate surface area is 213 Å². The predicted octanol–water partition coefficient (Wildman–Crippen LogP) is 1.34. The zero-order chi connectivity index (χ0) is 26.9. The molecular weight excluding hydrogens is 480 g/mol. The lowest BCUT2D eigenvalue weighted by Crippen LogP contribution is -2.54. The molecule has 0 saturated heterocycles. The van der Waals surface area contributed by atoms with E-state index in [2.05, 4.69) is 10.6 Å². The van der Waals surface area contributed by atoms with Crippen molar-refractivity contribution in [3.05, 3.63) is 60.2 Å². The van der Waals surface area contributed by atoms with Gasteiger partial charge in [0.05, 0.1) is 24.0 Å². The average molecular weight is 509 g/mol. The molecule has 37 heavy (non-hydrogen) atoms.